The molecule has 2 N–H and O–H groups in total. The zero-order chi connectivity index (χ0) is 13.2. The average Bonchev–Trinajstić information content (AvgIpc) is 2.93. The normalized spacial score (nSPS) is 24.7. The van der Waals surface area contributed by atoms with Crippen LogP contribution >= 0.6 is 11.8 Å². The number of nitrogens with two attached hydrogens (primary N) is 1. The third-order valence-electron chi connectivity index (χ3n) is 3.40. The minimum absolute atomic E-state index is 0.230. The maximum absolute atomic E-state index is 5.79. The Hall–Kier alpha value is -0.550. The van der Waals surface area contributed by atoms with Crippen LogP contribution in [0, 0.1) is 5.92 Å². The molecule has 0 saturated heterocycles. The zero-order valence-electron chi connectivity index (χ0n) is 11.5. The van der Waals surface area contributed by atoms with Gasteiger partial charge in [0.05, 0.1) is 5.75 Å². The Balaban J connectivity index is 1.97. The number of thioether (sulfide) groups is 1. The van der Waals surface area contributed by atoms with Crippen LogP contribution in [0.15, 0.2) is 4.52 Å². The van der Waals surface area contributed by atoms with E-state index in [1.165, 1.54) is 12.8 Å². The van der Waals surface area contributed by atoms with Gasteiger partial charge in [-0.05, 0) is 25.3 Å². The molecule has 0 aromatic carbocycles. The Labute approximate surface area is 113 Å². The van der Waals surface area contributed by atoms with E-state index in [1.807, 2.05) is 11.8 Å². The lowest BCUT2D eigenvalue weighted by molar-refractivity contribution is 0.324. The van der Waals surface area contributed by atoms with Crippen molar-refractivity contribution in [2.24, 2.45) is 11.7 Å². The zero-order valence-corrected chi connectivity index (χ0v) is 12.3. The summed E-state index contributed by atoms with van der Waals surface area (Å²) in [6.07, 6.45) is 3.55. The second kappa shape index (κ2) is 5.61. The summed E-state index contributed by atoms with van der Waals surface area (Å²) in [6.45, 7) is 7.30. The second-order valence-corrected chi connectivity index (χ2v) is 7.79. The highest BCUT2D eigenvalue weighted by atomic mass is 32.2. The van der Waals surface area contributed by atoms with Crippen molar-refractivity contribution < 1.29 is 4.52 Å². The molecule has 0 bridgehead atoms. The first-order valence-corrected chi connectivity index (χ1v) is 7.64. The van der Waals surface area contributed by atoms with E-state index in [-0.39, 0.29) is 4.75 Å². The van der Waals surface area contributed by atoms with Gasteiger partial charge in [0, 0.05) is 10.7 Å². The Morgan fingerprint density at radius 1 is 1.39 bits per heavy atom. The minimum Gasteiger partial charge on any atom is -0.339 e. The monoisotopic (exact) mass is 269 g/mol. The van der Waals surface area contributed by atoms with E-state index in [4.69, 9.17) is 10.3 Å². The van der Waals surface area contributed by atoms with Crippen molar-refractivity contribution in [1.82, 2.24) is 10.1 Å². The molecule has 4 nitrogen and oxygen atoms in total. The summed E-state index contributed by atoms with van der Waals surface area (Å²) in [4.78, 5) is 4.54. The molecule has 0 spiro atoms. The lowest BCUT2D eigenvalue weighted by Crippen LogP contribution is -2.17. The van der Waals surface area contributed by atoms with Crippen LogP contribution in [-0.4, -0.2) is 21.4 Å². The highest BCUT2D eigenvalue weighted by Crippen LogP contribution is 2.38. The van der Waals surface area contributed by atoms with Gasteiger partial charge in [-0.2, -0.15) is 4.98 Å². The average molecular weight is 269 g/mol. The molecule has 2 unspecified atom stereocenters. The maximum atomic E-state index is 5.79. The molecule has 2 rings (SSSR count). The molecule has 1 fully saturated rings. The molecule has 1 aromatic heterocycles. The molecular weight excluding hydrogens is 246 g/mol. The summed E-state index contributed by atoms with van der Waals surface area (Å²) < 4.78 is 5.65. The van der Waals surface area contributed by atoms with Crippen LogP contribution in [0.2, 0.25) is 0 Å². The first-order valence-electron chi connectivity index (χ1n) is 6.66. The molecule has 1 saturated carbocycles. The molecule has 0 aliphatic heterocycles. The van der Waals surface area contributed by atoms with Gasteiger partial charge in [0.2, 0.25) is 5.89 Å². The second-order valence-electron chi connectivity index (χ2n) is 5.98. The van der Waals surface area contributed by atoms with Crippen LogP contribution in [-0.2, 0) is 5.75 Å². The summed E-state index contributed by atoms with van der Waals surface area (Å²) in [6, 6.07) is 0. The maximum Gasteiger partial charge on any atom is 0.230 e. The van der Waals surface area contributed by atoms with Gasteiger partial charge in [-0.25, -0.2) is 0 Å². The first-order chi connectivity index (χ1) is 8.49. The summed E-state index contributed by atoms with van der Waals surface area (Å²) >= 11 is 1.84. The summed E-state index contributed by atoms with van der Waals surface area (Å²) in [5.74, 6) is 3.33. The molecule has 2 atom stereocenters. The smallest absolute Gasteiger partial charge is 0.230 e. The molecule has 1 aliphatic carbocycles. The molecule has 0 amide bonds. The van der Waals surface area contributed by atoms with E-state index in [0.29, 0.717) is 11.8 Å². The molecule has 1 aromatic rings. The predicted molar refractivity (Wildman–Crippen MR) is 74.5 cm³/mol. The SMILES string of the molecule is CC(C)(C)SCc1noc(C2CCCC2CN)n1. The van der Waals surface area contributed by atoms with Gasteiger partial charge in [0.25, 0.3) is 0 Å². The van der Waals surface area contributed by atoms with E-state index in [9.17, 15) is 0 Å². The number of hydrogen-bond acceptors (Lipinski definition) is 5. The van der Waals surface area contributed by atoms with E-state index in [2.05, 4.69) is 30.9 Å². The molecule has 102 valence electrons. The number of nitrogens with zero attached hydrogens (tertiary/aromatic N) is 2. The lowest BCUT2D eigenvalue weighted by atomic mass is 9.96. The van der Waals surface area contributed by atoms with Crippen LogP contribution in [0.4, 0.5) is 0 Å². The first kappa shape index (κ1) is 13.9. The molecule has 5 heteroatoms. The van der Waals surface area contributed by atoms with Crippen molar-refractivity contribution in [1.29, 1.82) is 0 Å². The third kappa shape index (κ3) is 3.48. The number of hydrogen-bond donors (Lipinski definition) is 1. The highest BCUT2D eigenvalue weighted by Gasteiger charge is 2.31. The molecule has 1 heterocycles. The fourth-order valence-electron chi connectivity index (χ4n) is 2.40. The largest absolute Gasteiger partial charge is 0.339 e. The van der Waals surface area contributed by atoms with Crippen LogP contribution in [0.25, 0.3) is 0 Å². The van der Waals surface area contributed by atoms with Crippen molar-refractivity contribution in [3.8, 4) is 0 Å². The molecule has 18 heavy (non-hydrogen) atoms. The topological polar surface area (TPSA) is 64.9 Å². The van der Waals surface area contributed by atoms with Gasteiger partial charge in [-0.1, -0.05) is 32.3 Å². The third-order valence-corrected chi connectivity index (χ3v) is 4.67. The summed E-state index contributed by atoms with van der Waals surface area (Å²) in [7, 11) is 0. The van der Waals surface area contributed by atoms with E-state index >= 15 is 0 Å². The standard InChI is InChI=1S/C13H23N3OS/c1-13(2,3)18-8-11-15-12(17-16-11)10-6-4-5-9(10)7-14/h9-10H,4-8,14H2,1-3H3. The van der Waals surface area contributed by atoms with E-state index in [1.54, 1.807) is 0 Å². The van der Waals surface area contributed by atoms with Crippen molar-refractivity contribution >= 4 is 11.8 Å². The van der Waals surface area contributed by atoms with Crippen molar-refractivity contribution in [2.75, 3.05) is 6.54 Å². The Kier molecular flexibility index (Phi) is 4.33. The predicted octanol–water partition coefficient (Wildman–Crippen LogP) is 2.94. The Morgan fingerprint density at radius 2 is 2.17 bits per heavy atom. The van der Waals surface area contributed by atoms with Crippen molar-refractivity contribution in [3.63, 3.8) is 0 Å². The van der Waals surface area contributed by atoms with Crippen LogP contribution in [0.3, 0.4) is 0 Å². The van der Waals surface area contributed by atoms with Gasteiger partial charge < -0.3 is 10.3 Å². The van der Waals surface area contributed by atoms with Gasteiger partial charge in [0.15, 0.2) is 5.82 Å². The van der Waals surface area contributed by atoms with Crippen LogP contribution in [0.5, 0.6) is 0 Å². The minimum atomic E-state index is 0.230. The lowest BCUT2D eigenvalue weighted by Gasteiger charge is -2.15. The Bertz CT molecular complexity index is 386. The van der Waals surface area contributed by atoms with Crippen molar-refractivity contribution in [2.45, 2.75) is 56.5 Å². The summed E-state index contributed by atoms with van der Waals surface area (Å²) in [5, 5.41) is 4.08. The van der Waals surface area contributed by atoms with Gasteiger partial charge in [0.1, 0.15) is 0 Å². The van der Waals surface area contributed by atoms with E-state index < -0.39 is 0 Å². The van der Waals surface area contributed by atoms with Gasteiger partial charge in [-0.3, -0.25) is 0 Å². The van der Waals surface area contributed by atoms with Crippen LogP contribution in [0.1, 0.15) is 57.7 Å². The molecule has 0 radical (unpaired) electrons. The fourth-order valence-corrected chi connectivity index (χ4v) is 3.08. The quantitative estimate of drug-likeness (QED) is 0.910. The van der Waals surface area contributed by atoms with Crippen molar-refractivity contribution in [3.05, 3.63) is 11.7 Å². The molecular formula is C13H23N3OS. The van der Waals surface area contributed by atoms with Crippen LogP contribution < -0.4 is 5.73 Å². The van der Waals surface area contributed by atoms with Gasteiger partial charge >= 0.3 is 0 Å². The number of rotatable bonds is 4. The molecule has 1 aliphatic rings. The van der Waals surface area contributed by atoms with E-state index in [0.717, 1.165) is 30.4 Å². The fraction of sp³-hybridized carbons (Fsp3) is 0.846. The summed E-state index contributed by atoms with van der Waals surface area (Å²) in [5.41, 5.74) is 5.79. The number of aromatic nitrogens is 2. The highest BCUT2D eigenvalue weighted by molar-refractivity contribution is 7.99. The van der Waals surface area contributed by atoms with Gasteiger partial charge in [-0.15, -0.1) is 11.8 Å². The Morgan fingerprint density at radius 3 is 2.83 bits per heavy atom.